The minimum Gasteiger partial charge on any atom is -0.334 e. The molecule has 84 valence electrons. The zero-order chi connectivity index (χ0) is 11.1. The average molecular weight is 208 g/mol. The Kier molecular flexibility index (Phi) is 5.08. The fraction of sp³-hybridized carbons (Fsp3) is 0.667. The summed E-state index contributed by atoms with van der Waals surface area (Å²) in [6, 6.07) is 0. The van der Waals surface area contributed by atoms with E-state index in [2.05, 4.69) is 23.4 Å². The Balaban J connectivity index is 2.70. The fourth-order valence-electron chi connectivity index (χ4n) is 1.59. The van der Waals surface area contributed by atoms with Crippen molar-refractivity contribution < 1.29 is 4.79 Å². The van der Waals surface area contributed by atoms with Crippen LogP contribution < -0.4 is 0 Å². The van der Waals surface area contributed by atoms with Crippen LogP contribution in [-0.4, -0.2) is 15.8 Å². The molecule has 15 heavy (non-hydrogen) atoms. The lowest BCUT2D eigenvalue weighted by Crippen LogP contribution is -2.02. The molecule has 0 aliphatic rings. The first kappa shape index (κ1) is 12.0. The molecule has 0 aliphatic carbocycles. The van der Waals surface area contributed by atoms with Crippen LogP contribution in [0.4, 0.5) is 0 Å². The molecular weight excluding hydrogens is 188 g/mol. The minimum atomic E-state index is 0.567. The molecule has 0 N–H and O–H groups in total. The lowest BCUT2D eigenvalue weighted by atomic mass is 10.2. The van der Waals surface area contributed by atoms with Crippen LogP contribution in [-0.2, 0) is 13.0 Å². The third kappa shape index (κ3) is 3.50. The van der Waals surface area contributed by atoms with Crippen LogP contribution in [0.2, 0.25) is 0 Å². The molecular formula is C12H20N2O. The van der Waals surface area contributed by atoms with E-state index in [4.69, 9.17) is 0 Å². The molecule has 0 fully saturated rings. The molecule has 3 heteroatoms. The summed E-state index contributed by atoms with van der Waals surface area (Å²) in [5.41, 5.74) is 0.567. The molecule has 1 heterocycles. The molecule has 0 spiro atoms. The van der Waals surface area contributed by atoms with Crippen molar-refractivity contribution in [2.75, 3.05) is 0 Å². The molecule has 0 saturated heterocycles. The number of hydrogen-bond acceptors (Lipinski definition) is 2. The molecule has 3 nitrogen and oxygen atoms in total. The quantitative estimate of drug-likeness (QED) is 0.646. The summed E-state index contributed by atoms with van der Waals surface area (Å²) in [5, 5.41) is 0. The number of imidazole rings is 1. The van der Waals surface area contributed by atoms with Gasteiger partial charge in [0.05, 0.1) is 0 Å². The number of aromatic nitrogens is 2. The Hall–Kier alpha value is -1.12. The van der Waals surface area contributed by atoms with E-state index >= 15 is 0 Å². The van der Waals surface area contributed by atoms with E-state index in [1.807, 2.05) is 6.20 Å². The van der Waals surface area contributed by atoms with Crippen LogP contribution in [0.25, 0.3) is 0 Å². The predicted octanol–water partition coefficient (Wildman–Crippen LogP) is 2.84. The molecule has 1 aromatic heterocycles. The fourth-order valence-corrected chi connectivity index (χ4v) is 1.59. The van der Waals surface area contributed by atoms with Gasteiger partial charge in [-0.25, -0.2) is 4.98 Å². The summed E-state index contributed by atoms with van der Waals surface area (Å²) in [5.74, 6) is 1.06. The van der Waals surface area contributed by atoms with Crippen molar-refractivity contribution in [3.8, 4) is 0 Å². The lowest BCUT2D eigenvalue weighted by molar-refractivity contribution is 0.111. The van der Waals surface area contributed by atoms with Crippen molar-refractivity contribution >= 4 is 6.29 Å². The van der Waals surface area contributed by atoms with Gasteiger partial charge in [0.1, 0.15) is 11.5 Å². The van der Waals surface area contributed by atoms with Gasteiger partial charge in [-0.3, -0.25) is 4.79 Å². The third-order valence-electron chi connectivity index (χ3n) is 2.51. The van der Waals surface area contributed by atoms with Gasteiger partial charge in [0.2, 0.25) is 0 Å². The summed E-state index contributed by atoms with van der Waals surface area (Å²) in [6.45, 7) is 5.32. The van der Waals surface area contributed by atoms with Crippen LogP contribution in [0.3, 0.4) is 0 Å². The minimum absolute atomic E-state index is 0.567. The number of carbonyl (C=O) groups excluding carboxylic acids is 1. The van der Waals surface area contributed by atoms with Gasteiger partial charge in [0, 0.05) is 19.2 Å². The maximum Gasteiger partial charge on any atom is 0.170 e. The standard InChI is InChI=1S/C12H20N2O/c1-3-5-7-12-13-11(10-15)9-14(12)8-6-4-2/h9-10H,3-8H2,1-2H3. The van der Waals surface area contributed by atoms with Gasteiger partial charge in [0.25, 0.3) is 0 Å². The van der Waals surface area contributed by atoms with Crippen molar-refractivity contribution in [1.82, 2.24) is 9.55 Å². The van der Waals surface area contributed by atoms with Gasteiger partial charge in [-0.05, 0) is 12.8 Å². The van der Waals surface area contributed by atoms with Crippen LogP contribution in [0.5, 0.6) is 0 Å². The molecule has 0 bridgehead atoms. The second-order valence-electron chi connectivity index (χ2n) is 3.85. The lowest BCUT2D eigenvalue weighted by Gasteiger charge is -2.05. The summed E-state index contributed by atoms with van der Waals surface area (Å²) < 4.78 is 2.13. The summed E-state index contributed by atoms with van der Waals surface area (Å²) >= 11 is 0. The monoisotopic (exact) mass is 208 g/mol. The number of unbranched alkanes of at least 4 members (excludes halogenated alkanes) is 2. The first-order valence-electron chi connectivity index (χ1n) is 5.83. The second-order valence-corrected chi connectivity index (χ2v) is 3.85. The SMILES string of the molecule is CCCCc1nc(C=O)cn1CCCC. The van der Waals surface area contributed by atoms with Gasteiger partial charge in [-0.2, -0.15) is 0 Å². The topological polar surface area (TPSA) is 34.9 Å². The summed E-state index contributed by atoms with van der Waals surface area (Å²) in [6.07, 6.45) is 8.30. The zero-order valence-corrected chi connectivity index (χ0v) is 9.70. The summed E-state index contributed by atoms with van der Waals surface area (Å²) in [7, 11) is 0. The summed E-state index contributed by atoms with van der Waals surface area (Å²) in [4.78, 5) is 15.0. The van der Waals surface area contributed by atoms with E-state index in [1.165, 1.54) is 6.42 Å². The number of hydrogen-bond donors (Lipinski definition) is 0. The van der Waals surface area contributed by atoms with Gasteiger partial charge >= 0.3 is 0 Å². The van der Waals surface area contributed by atoms with E-state index in [0.29, 0.717) is 5.69 Å². The molecule has 1 aromatic rings. The van der Waals surface area contributed by atoms with Crippen LogP contribution >= 0.6 is 0 Å². The number of aldehydes is 1. The highest BCUT2D eigenvalue weighted by atomic mass is 16.1. The number of carbonyl (C=O) groups is 1. The van der Waals surface area contributed by atoms with Crippen molar-refractivity contribution in [3.05, 3.63) is 17.7 Å². The Labute approximate surface area is 91.5 Å². The molecule has 0 radical (unpaired) electrons. The Morgan fingerprint density at radius 2 is 2.07 bits per heavy atom. The largest absolute Gasteiger partial charge is 0.334 e. The Morgan fingerprint density at radius 3 is 2.67 bits per heavy atom. The predicted molar refractivity (Wildman–Crippen MR) is 61.1 cm³/mol. The maximum absolute atomic E-state index is 10.6. The third-order valence-corrected chi connectivity index (χ3v) is 2.51. The molecule has 0 aliphatic heterocycles. The van der Waals surface area contributed by atoms with Gasteiger partial charge < -0.3 is 4.57 Å². The number of rotatable bonds is 7. The molecule has 0 unspecified atom stereocenters. The smallest absolute Gasteiger partial charge is 0.170 e. The van der Waals surface area contributed by atoms with Crippen molar-refractivity contribution in [3.63, 3.8) is 0 Å². The first-order valence-corrected chi connectivity index (χ1v) is 5.83. The first-order chi connectivity index (χ1) is 7.31. The molecule has 0 aromatic carbocycles. The number of nitrogens with zero attached hydrogens (tertiary/aromatic N) is 2. The average Bonchev–Trinajstić information content (AvgIpc) is 2.66. The van der Waals surface area contributed by atoms with Crippen LogP contribution in [0, 0.1) is 0 Å². The molecule has 0 atom stereocenters. The van der Waals surface area contributed by atoms with E-state index in [1.54, 1.807) is 0 Å². The Morgan fingerprint density at radius 1 is 1.33 bits per heavy atom. The highest BCUT2D eigenvalue weighted by Gasteiger charge is 2.06. The highest BCUT2D eigenvalue weighted by Crippen LogP contribution is 2.08. The Bertz CT molecular complexity index is 279. The van der Waals surface area contributed by atoms with E-state index in [-0.39, 0.29) is 0 Å². The molecule has 0 amide bonds. The van der Waals surface area contributed by atoms with Crippen LogP contribution in [0.15, 0.2) is 6.20 Å². The van der Waals surface area contributed by atoms with E-state index < -0.39 is 0 Å². The molecule has 0 saturated carbocycles. The van der Waals surface area contributed by atoms with Crippen molar-refractivity contribution in [1.29, 1.82) is 0 Å². The zero-order valence-electron chi connectivity index (χ0n) is 9.70. The van der Waals surface area contributed by atoms with E-state index in [9.17, 15) is 4.79 Å². The molecule has 1 rings (SSSR count). The number of aryl methyl sites for hydroxylation is 2. The van der Waals surface area contributed by atoms with Crippen LogP contribution in [0.1, 0.15) is 55.8 Å². The van der Waals surface area contributed by atoms with Gasteiger partial charge in [-0.15, -0.1) is 0 Å². The van der Waals surface area contributed by atoms with Gasteiger partial charge in [0.15, 0.2) is 6.29 Å². The van der Waals surface area contributed by atoms with Gasteiger partial charge in [-0.1, -0.05) is 26.7 Å². The van der Waals surface area contributed by atoms with Crippen molar-refractivity contribution in [2.45, 2.75) is 52.5 Å². The maximum atomic E-state index is 10.6. The van der Waals surface area contributed by atoms with Crippen molar-refractivity contribution in [2.24, 2.45) is 0 Å². The highest BCUT2D eigenvalue weighted by molar-refractivity contribution is 5.71. The van der Waals surface area contributed by atoms with E-state index in [0.717, 1.165) is 44.3 Å². The normalized spacial score (nSPS) is 10.5. The second kappa shape index (κ2) is 6.38.